The van der Waals surface area contributed by atoms with Gasteiger partial charge in [0.2, 0.25) is 5.91 Å². The van der Waals surface area contributed by atoms with E-state index in [1.54, 1.807) is 7.11 Å². The second-order valence-corrected chi connectivity index (χ2v) is 11.1. The van der Waals surface area contributed by atoms with E-state index in [9.17, 15) is 4.79 Å². The topological polar surface area (TPSA) is 59.3 Å². The third-order valence-electron chi connectivity index (χ3n) is 8.20. The number of hydrogen-bond donors (Lipinski definition) is 0. The molecule has 3 heterocycles. The molecule has 0 aliphatic carbocycles. The van der Waals surface area contributed by atoms with Crippen LogP contribution in [0.25, 0.3) is 11.7 Å². The summed E-state index contributed by atoms with van der Waals surface area (Å²) in [6.07, 6.45) is 8.56. The maximum absolute atomic E-state index is 13.8. The Hall–Kier alpha value is -4.88. The van der Waals surface area contributed by atoms with Crippen LogP contribution in [0.2, 0.25) is 0 Å². The first-order valence-corrected chi connectivity index (χ1v) is 15.2. The predicted molar refractivity (Wildman–Crippen MR) is 174 cm³/mol. The standard InChI is InChI=1S/C37H38N4O3/c1-43-32-17-8-16-31(25-32)33(26-36(42)40-23-21-39(22-24-40)19-9-15-29-11-4-2-5-12-29)34-27-38-37-35(18-10-20-41(34)37)44-28-30-13-6-3-7-14-30/h2-18,20,25,27,33H,19,21-24,26,28H2,1H3. The molecule has 7 nitrogen and oxygen atoms in total. The van der Waals surface area contributed by atoms with Crippen LogP contribution in [0.15, 0.2) is 116 Å². The van der Waals surface area contributed by atoms with Gasteiger partial charge < -0.3 is 18.8 Å². The highest BCUT2D eigenvalue weighted by molar-refractivity contribution is 5.78. The van der Waals surface area contributed by atoms with E-state index in [1.165, 1.54) is 5.56 Å². The van der Waals surface area contributed by atoms with Crippen molar-refractivity contribution in [1.82, 2.24) is 19.2 Å². The minimum Gasteiger partial charge on any atom is -0.497 e. The maximum Gasteiger partial charge on any atom is 0.223 e. The number of amides is 1. The number of piperazine rings is 1. The normalized spacial score (nSPS) is 14.6. The lowest BCUT2D eigenvalue weighted by Crippen LogP contribution is -2.48. The van der Waals surface area contributed by atoms with Crippen LogP contribution in [0.1, 0.15) is 34.7 Å². The molecule has 3 aromatic carbocycles. The molecule has 1 aliphatic heterocycles. The first kappa shape index (κ1) is 29.2. The number of imidazole rings is 1. The Bertz CT molecular complexity index is 1690. The van der Waals surface area contributed by atoms with Crippen molar-refractivity contribution in [3.8, 4) is 11.5 Å². The zero-order valence-corrected chi connectivity index (χ0v) is 25.1. The van der Waals surface area contributed by atoms with Gasteiger partial charge in [-0.15, -0.1) is 0 Å². The zero-order chi connectivity index (χ0) is 30.1. The molecule has 0 spiro atoms. The molecular formula is C37H38N4O3. The third-order valence-corrected chi connectivity index (χ3v) is 8.20. The number of rotatable bonds is 11. The predicted octanol–water partition coefficient (Wildman–Crippen LogP) is 6.30. The summed E-state index contributed by atoms with van der Waals surface area (Å²) in [7, 11) is 1.67. The van der Waals surface area contributed by atoms with Gasteiger partial charge in [0.05, 0.1) is 12.8 Å². The van der Waals surface area contributed by atoms with E-state index in [0.717, 1.165) is 47.9 Å². The van der Waals surface area contributed by atoms with Crippen LogP contribution < -0.4 is 9.47 Å². The summed E-state index contributed by atoms with van der Waals surface area (Å²) < 4.78 is 13.8. The molecule has 6 rings (SSSR count). The largest absolute Gasteiger partial charge is 0.497 e. The molecule has 1 aliphatic rings. The van der Waals surface area contributed by atoms with E-state index in [0.29, 0.717) is 31.9 Å². The highest BCUT2D eigenvalue weighted by atomic mass is 16.5. The maximum atomic E-state index is 13.8. The lowest BCUT2D eigenvalue weighted by molar-refractivity contribution is -0.133. The summed E-state index contributed by atoms with van der Waals surface area (Å²) in [6, 6.07) is 32.3. The van der Waals surface area contributed by atoms with Crippen molar-refractivity contribution >= 4 is 17.6 Å². The fourth-order valence-electron chi connectivity index (χ4n) is 5.75. The average Bonchev–Trinajstić information content (AvgIpc) is 3.52. The van der Waals surface area contributed by atoms with Gasteiger partial charge in [-0.05, 0) is 41.0 Å². The Morgan fingerprint density at radius 2 is 1.68 bits per heavy atom. The average molecular weight is 587 g/mol. The van der Waals surface area contributed by atoms with Gasteiger partial charge in [0, 0.05) is 57.5 Å². The van der Waals surface area contributed by atoms with Crippen LogP contribution in [0.3, 0.4) is 0 Å². The summed E-state index contributed by atoms with van der Waals surface area (Å²) in [5.41, 5.74) is 4.98. The first-order chi connectivity index (χ1) is 21.7. The summed E-state index contributed by atoms with van der Waals surface area (Å²) in [6.45, 7) is 4.47. The van der Waals surface area contributed by atoms with E-state index >= 15 is 0 Å². The molecule has 0 saturated carbocycles. The molecule has 224 valence electrons. The van der Waals surface area contributed by atoms with Gasteiger partial charge in [0.25, 0.3) is 0 Å². The van der Waals surface area contributed by atoms with Crippen LogP contribution in [-0.4, -0.2) is 64.9 Å². The van der Waals surface area contributed by atoms with Crippen molar-refractivity contribution in [3.63, 3.8) is 0 Å². The molecule has 0 radical (unpaired) electrons. The minimum atomic E-state index is -0.205. The molecule has 2 aromatic heterocycles. The van der Waals surface area contributed by atoms with E-state index in [2.05, 4.69) is 39.7 Å². The van der Waals surface area contributed by atoms with Gasteiger partial charge in [0.1, 0.15) is 12.4 Å². The molecule has 1 unspecified atom stereocenters. The molecule has 5 aromatic rings. The number of nitrogens with zero attached hydrogens (tertiary/aromatic N) is 4. The van der Waals surface area contributed by atoms with Crippen LogP contribution >= 0.6 is 0 Å². The number of benzene rings is 3. The monoisotopic (exact) mass is 586 g/mol. The summed E-state index contributed by atoms with van der Waals surface area (Å²) in [4.78, 5) is 23.0. The molecule has 0 bridgehead atoms. The van der Waals surface area contributed by atoms with Gasteiger partial charge in [-0.1, -0.05) is 84.9 Å². The number of fused-ring (bicyclic) bond motifs is 1. The smallest absolute Gasteiger partial charge is 0.223 e. The molecule has 7 heteroatoms. The Labute approximate surface area is 259 Å². The van der Waals surface area contributed by atoms with E-state index < -0.39 is 0 Å². The van der Waals surface area contributed by atoms with Gasteiger partial charge in [0.15, 0.2) is 11.4 Å². The lowest BCUT2D eigenvalue weighted by Gasteiger charge is -2.35. The number of ether oxygens (including phenoxy) is 2. The Morgan fingerprint density at radius 3 is 2.45 bits per heavy atom. The number of carbonyl (C=O) groups excluding carboxylic acids is 1. The number of pyridine rings is 1. The quantitative estimate of drug-likeness (QED) is 0.182. The van der Waals surface area contributed by atoms with Crippen LogP contribution in [0, 0.1) is 0 Å². The molecule has 44 heavy (non-hydrogen) atoms. The number of carbonyl (C=O) groups is 1. The molecule has 0 N–H and O–H groups in total. The van der Waals surface area contributed by atoms with Crippen molar-refractivity contribution < 1.29 is 14.3 Å². The Balaban J connectivity index is 1.18. The van der Waals surface area contributed by atoms with Crippen molar-refractivity contribution in [2.24, 2.45) is 0 Å². The number of aromatic nitrogens is 2. The fraction of sp³-hybridized carbons (Fsp3) is 0.243. The van der Waals surface area contributed by atoms with Gasteiger partial charge in [-0.3, -0.25) is 9.69 Å². The lowest BCUT2D eigenvalue weighted by atomic mass is 9.91. The number of methoxy groups -OCH3 is 1. The molecular weight excluding hydrogens is 548 g/mol. The van der Waals surface area contributed by atoms with Crippen LogP contribution in [0.4, 0.5) is 0 Å². The minimum absolute atomic E-state index is 0.142. The summed E-state index contributed by atoms with van der Waals surface area (Å²) >= 11 is 0. The zero-order valence-electron chi connectivity index (χ0n) is 25.1. The highest BCUT2D eigenvalue weighted by Gasteiger charge is 2.27. The SMILES string of the molecule is COc1cccc(C(CC(=O)N2CCN(CC=Cc3ccccc3)CC2)c2cnc3c(OCc4ccccc4)cccn23)c1. The van der Waals surface area contributed by atoms with Crippen molar-refractivity contribution in [2.75, 3.05) is 39.8 Å². The Morgan fingerprint density at radius 1 is 0.909 bits per heavy atom. The molecule has 1 amide bonds. The van der Waals surface area contributed by atoms with E-state index in [-0.39, 0.29) is 11.8 Å². The van der Waals surface area contributed by atoms with E-state index in [4.69, 9.17) is 14.5 Å². The molecule has 1 fully saturated rings. The number of hydrogen-bond acceptors (Lipinski definition) is 5. The summed E-state index contributed by atoms with van der Waals surface area (Å²) in [5, 5.41) is 0. The van der Waals surface area contributed by atoms with Crippen LogP contribution in [-0.2, 0) is 11.4 Å². The first-order valence-electron chi connectivity index (χ1n) is 15.2. The fourth-order valence-corrected chi connectivity index (χ4v) is 5.75. The Kier molecular flexibility index (Phi) is 9.33. The van der Waals surface area contributed by atoms with Crippen molar-refractivity contribution in [1.29, 1.82) is 0 Å². The second-order valence-electron chi connectivity index (χ2n) is 11.1. The second kappa shape index (κ2) is 14.1. The van der Waals surface area contributed by atoms with Crippen molar-refractivity contribution in [2.45, 2.75) is 18.9 Å². The molecule has 1 atom stereocenters. The van der Waals surface area contributed by atoms with Gasteiger partial charge in [-0.2, -0.15) is 0 Å². The molecule has 1 saturated heterocycles. The third kappa shape index (κ3) is 7.01. The van der Waals surface area contributed by atoms with Gasteiger partial charge in [-0.25, -0.2) is 4.98 Å². The van der Waals surface area contributed by atoms with E-state index in [1.807, 2.05) is 96.2 Å². The van der Waals surface area contributed by atoms with Gasteiger partial charge >= 0.3 is 0 Å². The van der Waals surface area contributed by atoms with Crippen molar-refractivity contribution in [3.05, 3.63) is 138 Å². The summed E-state index contributed by atoms with van der Waals surface area (Å²) in [5.74, 6) is 1.40. The highest BCUT2D eigenvalue weighted by Crippen LogP contribution is 2.33. The van der Waals surface area contributed by atoms with Crippen LogP contribution in [0.5, 0.6) is 11.5 Å².